The molecule has 0 fully saturated rings. The fraction of sp³-hybridized carbons (Fsp3) is 0.579. The van der Waals surface area contributed by atoms with Crippen molar-refractivity contribution in [3.8, 4) is 0 Å². The normalized spacial score (nSPS) is 12.9. The number of methoxy groups -OCH3 is 1. The first-order valence-electron chi connectivity index (χ1n) is 9.46. The minimum Gasteiger partial charge on any atom is -0.385 e. The molecule has 3 aromatic heterocycles. The molecule has 28 heavy (non-hydrogen) atoms. The van der Waals surface area contributed by atoms with Crippen molar-refractivity contribution in [2.24, 2.45) is 0 Å². The van der Waals surface area contributed by atoms with E-state index in [0.29, 0.717) is 35.4 Å². The largest absolute Gasteiger partial charge is 0.385 e. The first-order chi connectivity index (χ1) is 13.4. The molecule has 0 radical (unpaired) electrons. The van der Waals surface area contributed by atoms with Crippen LogP contribution in [0.3, 0.4) is 0 Å². The van der Waals surface area contributed by atoms with E-state index in [1.54, 1.807) is 23.0 Å². The highest BCUT2D eigenvalue weighted by molar-refractivity contribution is 7.99. The SMILES string of the molecule is CCc1cc2c(=O)n(CCCOC)c(S[C@@H](C)c3nc(C(C)C)no3)nc2s1. The summed E-state index contributed by atoms with van der Waals surface area (Å²) in [4.78, 5) is 24.3. The van der Waals surface area contributed by atoms with Gasteiger partial charge in [0.15, 0.2) is 11.0 Å². The number of aromatic nitrogens is 4. The van der Waals surface area contributed by atoms with E-state index in [0.717, 1.165) is 22.5 Å². The monoisotopic (exact) mass is 422 g/mol. The highest BCUT2D eigenvalue weighted by atomic mass is 32.2. The lowest BCUT2D eigenvalue weighted by molar-refractivity contribution is 0.189. The average Bonchev–Trinajstić information content (AvgIpc) is 3.31. The van der Waals surface area contributed by atoms with Gasteiger partial charge >= 0.3 is 0 Å². The first kappa shape index (κ1) is 21.0. The topological polar surface area (TPSA) is 83.0 Å². The molecule has 0 unspecified atom stereocenters. The summed E-state index contributed by atoms with van der Waals surface area (Å²) in [7, 11) is 1.66. The molecule has 3 aromatic rings. The molecule has 0 aliphatic carbocycles. The Bertz CT molecular complexity index is 993. The quantitative estimate of drug-likeness (QED) is 0.287. The summed E-state index contributed by atoms with van der Waals surface area (Å²) in [6.45, 7) is 9.28. The predicted molar refractivity (Wildman–Crippen MR) is 112 cm³/mol. The van der Waals surface area contributed by atoms with Gasteiger partial charge in [-0.05, 0) is 25.8 Å². The highest BCUT2D eigenvalue weighted by Crippen LogP contribution is 2.34. The smallest absolute Gasteiger partial charge is 0.262 e. The van der Waals surface area contributed by atoms with Crippen LogP contribution in [-0.2, 0) is 17.7 Å². The number of ether oxygens (including phenoxy) is 1. The van der Waals surface area contributed by atoms with E-state index in [9.17, 15) is 4.79 Å². The number of hydrogen-bond acceptors (Lipinski definition) is 8. The molecule has 3 heterocycles. The summed E-state index contributed by atoms with van der Waals surface area (Å²) in [5.74, 6) is 1.44. The van der Waals surface area contributed by atoms with Crippen LogP contribution in [-0.4, -0.2) is 33.4 Å². The number of thiophene rings is 1. The van der Waals surface area contributed by atoms with E-state index in [1.807, 2.05) is 26.8 Å². The van der Waals surface area contributed by atoms with Gasteiger partial charge in [-0.25, -0.2) is 4.98 Å². The van der Waals surface area contributed by atoms with Gasteiger partial charge in [-0.3, -0.25) is 9.36 Å². The Labute approximate surface area is 172 Å². The Morgan fingerprint density at radius 3 is 2.75 bits per heavy atom. The molecule has 0 aromatic carbocycles. The van der Waals surface area contributed by atoms with Crippen LogP contribution in [0.2, 0.25) is 0 Å². The van der Waals surface area contributed by atoms with E-state index >= 15 is 0 Å². The summed E-state index contributed by atoms with van der Waals surface area (Å²) in [6.07, 6.45) is 1.64. The Morgan fingerprint density at radius 1 is 1.32 bits per heavy atom. The third kappa shape index (κ3) is 4.47. The average molecular weight is 423 g/mol. The molecule has 3 rings (SSSR count). The zero-order valence-electron chi connectivity index (χ0n) is 16.9. The molecule has 152 valence electrons. The summed E-state index contributed by atoms with van der Waals surface area (Å²) in [6, 6.07) is 1.97. The molecule has 0 saturated carbocycles. The van der Waals surface area contributed by atoms with Gasteiger partial charge in [-0.1, -0.05) is 37.7 Å². The van der Waals surface area contributed by atoms with Crippen LogP contribution in [0.25, 0.3) is 10.2 Å². The number of nitrogens with zero attached hydrogens (tertiary/aromatic N) is 4. The van der Waals surface area contributed by atoms with E-state index in [4.69, 9.17) is 14.2 Å². The van der Waals surface area contributed by atoms with Crippen molar-refractivity contribution in [1.82, 2.24) is 19.7 Å². The molecule has 9 heteroatoms. The van der Waals surface area contributed by atoms with Crippen LogP contribution >= 0.6 is 23.1 Å². The van der Waals surface area contributed by atoms with Gasteiger partial charge in [0.2, 0.25) is 5.89 Å². The minimum atomic E-state index is -0.108. The van der Waals surface area contributed by atoms with Crippen molar-refractivity contribution in [2.75, 3.05) is 13.7 Å². The fourth-order valence-electron chi connectivity index (χ4n) is 2.73. The van der Waals surface area contributed by atoms with Crippen molar-refractivity contribution in [2.45, 2.75) is 63.4 Å². The second-order valence-corrected chi connectivity index (χ2v) is 9.31. The number of thioether (sulfide) groups is 1. The zero-order valence-corrected chi connectivity index (χ0v) is 18.5. The second kappa shape index (κ2) is 9.19. The van der Waals surface area contributed by atoms with Crippen LogP contribution in [0.15, 0.2) is 20.5 Å². The lowest BCUT2D eigenvalue weighted by atomic mass is 10.2. The molecule has 1 atom stereocenters. The number of fused-ring (bicyclic) bond motifs is 1. The van der Waals surface area contributed by atoms with Crippen LogP contribution in [0, 0.1) is 0 Å². The maximum atomic E-state index is 13.1. The van der Waals surface area contributed by atoms with Crippen molar-refractivity contribution in [1.29, 1.82) is 0 Å². The van der Waals surface area contributed by atoms with Crippen molar-refractivity contribution in [3.63, 3.8) is 0 Å². The first-order valence-corrected chi connectivity index (χ1v) is 11.2. The molecule has 0 spiro atoms. The van der Waals surface area contributed by atoms with E-state index in [-0.39, 0.29) is 16.7 Å². The molecular formula is C19H26N4O3S2. The van der Waals surface area contributed by atoms with E-state index in [2.05, 4.69) is 17.1 Å². The maximum Gasteiger partial charge on any atom is 0.262 e. The third-order valence-corrected chi connectivity index (χ3v) is 6.60. The highest BCUT2D eigenvalue weighted by Gasteiger charge is 2.21. The molecular weight excluding hydrogens is 396 g/mol. The fourth-order valence-corrected chi connectivity index (χ4v) is 4.70. The van der Waals surface area contributed by atoms with Crippen LogP contribution in [0.1, 0.15) is 61.9 Å². The molecule has 0 amide bonds. The number of rotatable bonds is 9. The molecule has 0 aliphatic rings. The summed E-state index contributed by atoms with van der Waals surface area (Å²) >= 11 is 3.05. The van der Waals surface area contributed by atoms with Crippen LogP contribution < -0.4 is 5.56 Å². The Kier molecular flexibility index (Phi) is 6.90. The van der Waals surface area contributed by atoms with Gasteiger partial charge in [0.1, 0.15) is 4.83 Å². The van der Waals surface area contributed by atoms with Crippen molar-refractivity contribution >= 4 is 33.3 Å². The summed E-state index contributed by atoms with van der Waals surface area (Å²) in [5.41, 5.74) is 0.000140. The van der Waals surface area contributed by atoms with Gasteiger partial charge in [0.05, 0.1) is 10.6 Å². The molecule has 0 bridgehead atoms. The van der Waals surface area contributed by atoms with Crippen molar-refractivity contribution < 1.29 is 9.26 Å². The Balaban J connectivity index is 1.96. The third-order valence-electron chi connectivity index (χ3n) is 4.35. The van der Waals surface area contributed by atoms with Gasteiger partial charge in [0, 0.05) is 31.1 Å². The number of hydrogen-bond donors (Lipinski definition) is 0. The summed E-state index contributed by atoms with van der Waals surface area (Å²) < 4.78 is 12.3. The van der Waals surface area contributed by atoms with E-state index < -0.39 is 0 Å². The molecule has 0 aliphatic heterocycles. The lowest BCUT2D eigenvalue weighted by Crippen LogP contribution is -2.23. The Morgan fingerprint density at radius 2 is 2.11 bits per heavy atom. The van der Waals surface area contributed by atoms with Gasteiger partial charge in [-0.15, -0.1) is 11.3 Å². The number of aryl methyl sites for hydroxylation is 1. The lowest BCUT2D eigenvalue weighted by Gasteiger charge is -2.13. The molecule has 0 saturated heterocycles. The van der Waals surface area contributed by atoms with Crippen LogP contribution in [0.4, 0.5) is 0 Å². The maximum absolute atomic E-state index is 13.1. The molecule has 0 N–H and O–H groups in total. The van der Waals surface area contributed by atoms with Crippen LogP contribution in [0.5, 0.6) is 0 Å². The molecule has 7 nitrogen and oxygen atoms in total. The zero-order chi connectivity index (χ0) is 20.3. The van der Waals surface area contributed by atoms with E-state index in [1.165, 1.54) is 11.8 Å². The standard InChI is InChI=1S/C19H26N4O3S2/c1-6-13-10-14-17(28-13)21-19(23(18(14)24)8-7-9-25-5)27-12(4)16-20-15(11(2)3)22-26-16/h10-12H,6-9H2,1-5H3/t12-/m0/s1. The predicted octanol–water partition coefficient (Wildman–Crippen LogP) is 4.42. The minimum absolute atomic E-state index is 0.000140. The van der Waals surface area contributed by atoms with Crippen molar-refractivity contribution in [3.05, 3.63) is 33.0 Å². The van der Waals surface area contributed by atoms with Gasteiger partial charge in [-0.2, -0.15) is 4.98 Å². The van der Waals surface area contributed by atoms with Gasteiger partial charge in [0.25, 0.3) is 5.56 Å². The van der Waals surface area contributed by atoms with Gasteiger partial charge < -0.3 is 9.26 Å². The second-order valence-electron chi connectivity index (χ2n) is 6.89. The Hall–Kier alpha value is -1.71. The summed E-state index contributed by atoms with van der Waals surface area (Å²) in [5, 5.41) is 5.30.